The molecular formula is C15H20ClNO3S. The van der Waals surface area contributed by atoms with E-state index in [0.29, 0.717) is 18.0 Å². The van der Waals surface area contributed by atoms with Crippen LogP contribution in [0, 0.1) is 0 Å². The number of halogens is 1. The fourth-order valence-corrected chi connectivity index (χ4v) is 4.90. The first-order valence-corrected chi connectivity index (χ1v) is 9.41. The Morgan fingerprint density at radius 3 is 2.57 bits per heavy atom. The second kappa shape index (κ2) is 6.24. The van der Waals surface area contributed by atoms with Crippen LogP contribution in [-0.2, 0) is 14.8 Å². The van der Waals surface area contributed by atoms with Crippen molar-refractivity contribution in [1.82, 2.24) is 4.31 Å². The summed E-state index contributed by atoms with van der Waals surface area (Å²) in [6.07, 6.45) is 3.63. The SMILES string of the molecule is O=S(=O)(CCC1CCCO1)N1CCC1c1ccc(Cl)cc1. The van der Waals surface area contributed by atoms with Gasteiger partial charge in [-0.3, -0.25) is 0 Å². The average molecular weight is 330 g/mol. The van der Waals surface area contributed by atoms with Gasteiger partial charge in [0.05, 0.1) is 17.9 Å². The maximum atomic E-state index is 12.5. The lowest BCUT2D eigenvalue weighted by Crippen LogP contribution is -2.46. The zero-order valence-corrected chi connectivity index (χ0v) is 13.4. The van der Waals surface area contributed by atoms with Crippen molar-refractivity contribution in [2.75, 3.05) is 18.9 Å². The molecule has 0 spiro atoms. The lowest BCUT2D eigenvalue weighted by molar-refractivity contribution is 0.108. The van der Waals surface area contributed by atoms with Crippen molar-refractivity contribution >= 4 is 21.6 Å². The summed E-state index contributed by atoms with van der Waals surface area (Å²) < 4.78 is 32.1. The Labute approximate surface area is 131 Å². The predicted molar refractivity (Wildman–Crippen MR) is 82.9 cm³/mol. The minimum Gasteiger partial charge on any atom is -0.378 e. The molecule has 1 aromatic carbocycles. The van der Waals surface area contributed by atoms with Crippen molar-refractivity contribution in [3.05, 3.63) is 34.9 Å². The van der Waals surface area contributed by atoms with E-state index in [0.717, 1.165) is 31.4 Å². The number of nitrogens with zero attached hydrogens (tertiary/aromatic N) is 1. The van der Waals surface area contributed by atoms with Gasteiger partial charge in [-0.2, -0.15) is 4.31 Å². The van der Waals surface area contributed by atoms with Gasteiger partial charge in [-0.05, 0) is 43.4 Å². The van der Waals surface area contributed by atoms with E-state index < -0.39 is 10.0 Å². The van der Waals surface area contributed by atoms with Gasteiger partial charge in [-0.1, -0.05) is 23.7 Å². The lowest BCUT2D eigenvalue weighted by Gasteiger charge is -2.40. The molecule has 116 valence electrons. The Morgan fingerprint density at radius 2 is 2.00 bits per heavy atom. The van der Waals surface area contributed by atoms with Crippen LogP contribution >= 0.6 is 11.6 Å². The van der Waals surface area contributed by atoms with E-state index in [-0.39, 0.29) is 17.9 Å². The number of benzene rings is 1. The highest BCUT2D eigenvalue weighted by atomic mass is 35.5. The molecule has 0 aliphatic carbocycles. The molecule has 0 aromatic heterocycles. The predicted octanol–water partition coefficient (Wildman–Crippen LogP) is 2.99. The van der Waals surface area contributed by atoms with Crippen LogP contribution in [0.5, 0.6) is 0 Å². The highest BCUT2D eigenvalue weighted by Crippen LogP contribution is 2.36. The smallest absolute Gasteiger partial charge is 0.214 e. The molecule has 0 bridgehead atoms. The summed E-state index contributed by atoms with van der Waals surface area (Å²) in [6, 6.07) is 7.42. The third-order valence-corrected chi connectivity index (χ3v) is 6.46. The van der Waals surface area contributed by atoms with E-state index in [2.05, 4.69) is 0 Å². The van der Waals surface area contributed by atoms with Gasteiger partial charge in [0, 0.05) is 18.2 Å². The molecule has 2 unspecified atom stereocenters. The Bertz CT molecular complexity index is 581. The molecule has 4 nitrogen and oxygen atoms in total. The van der Waals surface area contributed by atoms with E-state index in [1.54, 1.807) is 4.31 Å². The maximum absolute atomic E-state index is 12.5. The van der Waals surface area contributed by atoms with Crippen LogP contribution in [0.1, 0.15) is 37.3 Å². The van der Waals surface area contributed by atoms with Crippen molar-refractivity contribution in [1.29, 1.82) is 0 Å². The highest BCUT2D eigenvalue weighted by Gasteiger charge is 2.38. The fraction of sp³-hybridized carbons (Fsp3) is 0.600. The number of hydrogen-bond donors (Lipinski definition) is 0. The van der Waals surface area contributed by atoms with Crippen LogP contribution in [0.4, 0.5) is 0 Å². The normalized spacial score (nSPS) is 26.7. The number of ether oxygens (including phenoxy) is 1. The molecule has 21 heavy (non-hydrogen) atoms. The molecule has 3 rings (SSSR count). The van der Waals surface area contributed by atoms with Gasteiger partial charge in [0.25, 0.3) is 0 Å². The van der Waals surface area contributed by atoms with Crippen LogP contribution in [0.15, 0.2) is 24.3 Å². The van der Waals surface area contributed by atoms with Crippen LogP contribution in [-0.4, -0.2) is 37.7 Å². The van der Waals surface area contributed by atoms with Gasteiger partial charge in [0.2, 0.25) is 10.0 Å². The minimum absolute atomic E-state index is 0.0308. The summed E-state index contributed by atoms with van der Waals surface area (Å²) in [4.78, 5) is 0. The molecule has 2 saturated heterocycles. The summed E-state index contributed by atoms with van der Waals surface area (Å²) in [5, 5.41) is 0.672. The molecule has 2 aliphatic rings. The molecule has 2 heterocycles. The molecule has 0 N–H and O–H groups in total. The first-order chi connectivity index (χ1) is 10.1. The van der Waals surface area contributed by atoms with Gasteiger partial charge in [0.1, 0.15) is 0 Å². The first kappa shape index (κ1) is 15.3. The van der Waals surface area contributed by atoms with Crippen molar-refractivity contribution in [2.45, 2.75) is 37.8 Å². The number of sulfonamides is 1. The van der Waals surface area contributed by atoms with Crippen molar-refractivity contribution in [3.8, 4) is 0 Å². The van der Waals surface area contributed by atoms with E-state index in [1.165, 1.54) is 0 Å². The van der Waals surface area contributed by atoms with Crippen molar-refractivity contribution < 1.29 is 13.2 Å². The van der Waals surface area contributed by atoms with Crippen molar-refractivity contribution in [2.24, 2.45) is 0 Å². The Morgan fingerprint density at radius 1 is 1.24 bits per heavy atom. The van der Waals surface area contributed by atoms with Crippen molar-refractivity contribution in [3.63, 3.8) is 0 Å². The van der Waals surface area contributed by atoms with E-state index in [4.69, 9.17) is 16.3 Å². The third kappa shape index (κ3) is 3.42. The summed E-state index contributed by atoms with van der Waals surface area (Å²) in [7, 11) is -3.20. The quantitative estimate of drug-likeness (QED) is 0.834. The van der Waals surface area contributed by atoms with Gasteiger partial charge < -0.3 is 4.74 Å². The topological polar surface area (TPSA) is 46.6 Å². The third-order valence-electron chi connectivity index (χ3n) is 4.30. The lowest BCUT2D eigenvalue weighted by atomic mass is 9.98. The van der Waals surface area contributed by atoms with Crippen LogP contribution in [0.25, 0.3) is 0 Å². The summed E-state index contributed by atoms with van der Waals surface area (Å²) in [5.74, 6) is 0.182. The summed E-state index contributed by atoms with van der Waals surface area (Å²) in [5.41, 5.74) is 1.02. The molecule has 2 atom stereocenters. The van der Waals surface area contributed by atoms with E-state index in [1.807, 2.05) is 24.3 Å². The molecule has 0 radical (unpaired) electrons. The Balaban J connectivity index is 1.63. The zero-order valence-electron chi connectivity index (χ0n) is 11.9. The largest absolute Gasteiger partial charge is 0.378 e. The van der Waals surface area contributed by atoms with Gasteiger partial charge in [0.15, 0.2) is 0 Å². The standard InChI is InChI=1S/C15H20ClNO3S/c16-13-5-3-12(4-6-13)15-7-9-17(15)21(18,19)11-8-14-2-1-10-20-14/h3-6,14-15H,1-2,7-11H2. The molecule has 0 amide bonds. The van der Waals surface area contributed by atoms with E-state index in [9.17, 15) is 8.42 Å². The summed E-state index contributed by atoms with van der Waals surface area (Å²) in [6.45, 7) is 1.38. The molecule has 2 fully saturated rings. The highest BCUT2D eigenvalue weighted by molar-refractivity contribution is 7.89. The second-order valence-electron chi connectivity index (χ2n) is 5.71. The van der Waals surface area contributed by atoms with Crippen LogP contribution < -0.4 is 0 Å². The fourth-order valence-electron chi connectivity index (χ4n) is 2.98. The molecule has 6 heteroatoms. The van der Waals surface area contributed by atoms with Gasteiger partial charge in [-0.15, -0.1) is 0 Å². The van der Waals surface area contributed by atoms with Gasteiger partial charge in [-0.25, -0.2) is 8.42 Å². The second-order valence-corrected chi connectivity index (χ2v) is 8.18. The van der Waals surface area contributed by atoms with Crippen LogP contribution in [0.2, 0.25) is 5.02 Å². The number of hydrogen-bond acceptors (Lipinski definition) is 3. The number of rotatable bonds is 5. The first-order valence-electron chi connectivity index (χ1n) is 7.43. The molecule has 1 aromatic rings. The Kier molecular flexibility index (Phi) is 4.54. The van der Waals surface area contributed by atoms with Crippen LogP contribution in [0.3, 0.4) is 0 Å². The minimum atomic E-state index is -3.20. The summed E-state index contributed by atoms with van der Waals surface area (Å²) >= 11 is 5.88. The average Bonchev–Trinajstić information content (AvgIpc) is 2.90. The molecular weight excluding hydrogens is 310 g/mol. The maximum Gasteiger partial charge on any atom is 0.214 e. The molecule has 2 aliphatic heterocycles. The van der Waals surface area contributed by atoms with E-state index >= 15 is 0 Å². The monoisotopic (exact) mass is 329 g/mol. The molecule has 0 saturated carbocycles. The Hall–Kier alpha value is -0.620. The van der Waals surface area contributed by atoms with Gasteiger partial charge >= 0.3 is 0 Å². The zero-order chi connectivity index (χ0) is 14.9.